The third kappa shape index (κ3) is 2.64. The van der Waals surface area contributed by atoms with Crippen molar-refractivity contribution in [3.05, 3.63) is 22.7 Å². The van der Waals surface area contributed by atoms with E-state index in [2.05, 4.69) is 5.32 Å². The van der Waals surface area contributed by atoms with Crippen molar-refractivity contribution in [1.29, 1.82) is 0 Å². The van der Waals surface area contributed by atoms with Gasteiger partial charge in [-0.05, 0) is 18.6 Å². The molecule has 0 fully saturated rings. The molecule has 0 bridgehead atoms. The molecule has 2 rings (SSSR count). The molecule has 0 saturated heterocycles. The highest BCUT2D eigenvalue weighted by Crippen LogP contribution is 2.37. The fraction of sp³-hybridized carbons (Fsp3) is 0.417. The minimum atomic E-state index is -0.157. The average Bonchev–Trinajstić information content (AvgIpc) is 2.27. The summed E-state index contributed by atoms with van der Waals surface area (Å²) in [6, 6.07) is 3.39. The number of nitrogens with one attached hydrogen (secondary N) is 1. The van der Waals surface area contributed by atoms with E-state index in [1.807, 2.05) is 13.0 Å². The summed E-state index contributed by atoms with van der Waals surface area (Å²) in [5.41, 5.74) is 0.825. The molecule has 92 valence electrons. The Balaban J connectivity index is 2.31. The van der Waals surface area contributed by atoms with Crippen LogP contribution in [0.2, 0.25) is 5.02 Å². The summed E-state index contributed by atoms with van der Waals surface area (Å²) in [4.78, 5) is 11.0. The zero-order valence-corrected chi connectivity index (χ0v) is 10.5. The first kappa shape index (κ1) is 12.0. The van der Waals surface area contributed by atoms with Gasteiger partial charge in [0.25, 0.3) is 0 Å². The molecule has 0 aromatic heterocycles. The highest BCUT2D eigenvalue weighted by atomic mass is 35.5. The normalized spacial score (nSPS) is 15.2. The van der Waals surface area contributed by atoms with Crippen LogP contribution in [0.5, 0.6) is 11.5 Å². The van der Waals surface area contributed by atoms with E-state index >= 15 is 0 Å². The fourth-order valence-corrected chi connectivity index (χ4v) is 2.11. The first-order chi connectivity index (χ1) is 8.08. The maximum atomic E-state index is 11.0. The van der Waals surface area contributed by atoms with Crippen LogP contribution >= 0.6 is 11.6 Å². The van der Waals surface area contributed by atoms with E-state index in [0.29, 0.717) is 29.7 Å². The molecule has 4 nitrogen and oxygen atoms in total. The van der Waals surface area contributed by atoms with Gasteiger partial charge in [-0.2, -0.15) is 0 Å². The lowest BCUT2D eigenvalue weighted by molar-refractivity contribution is -0.119. The molecule has 17 heavy (non-hydrogen) atoms. The Morgan fingerprint density at radius 3 is 2.53 bits per heavy atom. The summed E-state index contributed by atoms with van der Waals surface area (Å²) in [5, 5.41) is 3.35. The number of halogens is 1. The Morgan fingerprint density at radius 2 is 1.94 bits per heavy atom. The molecule has 1 aromatic rings. The van der Waals surface area contributed by atoms with E-state index in [0.717, 1.165) is 5.56 Å². The van der Waals surface area contributed by atoms with E-state index in [-0.39, 0.29) is 11.9 Å². The SMILES string of the molecule is CC(=O)N[C@H](C)c1cc2c(cc1Cl)OCCO2. The van der Waals surface area contributed by atoms with Gasteiger partial charge in [0.2, 0.25) is 5.91 Å². The van der Waals surface area contributed by atoms with Gasteiger partial charge in [0.1, 0.15) is 13.2 Å². The molecule has 0 saturated carbocycles. The molecule has 0 aliphatic carbocycles. The first-order valence-electron chi connectivity index (χ1n) is 5.44. The van der Waals surface area contributed by atoms with Crippen LogP contribution in [-0.4, -0.2) is 19.1 Å². The fourth-order valence-electron chi connectivity index (χ4n) is 1.79. The number of amides is 1. The summed E-state index contributed by atoms with van der Waals surface area (Å²) in [6.45, 7) is 4.41. The van der Waals surface area contributed by atoms with Crippen LogP contribution in [0.1, 0.15) is 25.5 Å². The van der Waals surface area contributed by atoms with Crippen LogP contribution in [0, 0.1) is 0 Å². The molecular formula is C12H14ClNO3. The second kappa shape index (κ2) is 4.84. The predicted octanol–water partition coefficient (Wildman–Crippen LogP) is 2.31. The van der Waals surface area contributed by atoms with Crippen molar-refractivity contribution in [2.75, 3.05) is 13.2 Å². The van der Waals surface area contributed by atoms with Crippen LogP contribution < -0.4 is 14.8 Å². The molecule has 1 aromatic carbocycles. The van der Waals surface area contributed by atoms with Gasteiger partial charge < -0.3 is 14.8 Å². The molecule has 1 heterocycles. The maximum Gasteiger partial charge on any atom is 0.217 e. The second-order valence-corrected chi connectivity index (χ2v) is 4.35. The summed E-state index contributed by atoms with van der Waals surface area (Å²) in [6.07, 6.45) is 0. The zero-order chi connectivity index (χ0) is 12.4. The van der Waals surface area contributed by atoms with Gasteiger partial charge in [-0.25, -0.2) is 0 Å². The molecule has 0 unspecified atom stereocenters. The quantitative estimate of drug-likeness (QED) is 0.882. The molecule has 5 heteroatoms. The van der Waals surface area contributed by atoms with E-state index in [4.69, 9.17) is 21.1 Å². The summed E-state index contributed by atoms with van der Waals surface area (Å²) in [5.74, 6) is 1.23. The van der Waals surface area contributed by atoms with E-state index in [9.17, 15) is 4.79 Å². The molecule has 0 radical (unpaired) electrons. The lowest BCUT2D eigenvalue weighted by atomic mass is 10.1. The zero-order valence-electron chi connectivity index (χ0n) is 9.75. The van der Waals surface area contributed by atoms with E-state index < -0.39 is 0 Å². The number of ether oxygens (including phenoxy) is 2. The van der Waals surface area contributed by atoms with Crippen LogP contribution in [0.25, 0.3) is 0 Å². The molecule has 1 aliphatic heterocycles. The van der Waals surface area contributed by atoms with Crippen molar-refractivity contribution in [3.63, 3.8) is 0 Å². The van der Waals surface area contributed by atoms with Gasteiger partial charge >= 0.3 is 0 Å². The van der Waals surface area contributed by atoms with Crippen molar-refractivity contribution >= 4 is 17.5 Å². The number of rotatable bonds is 2. The van der Waals surface area contributed by atoms with Gasteiger partial charge in [0.15, 0.2) is 11.5 Å². The van der Waals surface area contributed by atoms with Crippen LogP contribution in [0.15, 0.2) is 12.1 Å². The Hall–Kier alpha value is -1.42. The smallest absolute Gasteiger partial charge is 0.217 e. The predicted molar refractivity (Wildman–Crippen MR) is 64.7 cm³/mol. The number of hydrogen-bond acceptors (Lipinski definition) is 3. The molecule has 1 atom stereocenters. The van der Waals surface area contributed by atoms with Gasteiger partial charge in [-0.15, -0.1) is 0 Å². The molecule has 1 amide bonds. The van der Waals surface area contributed by atoms with Crippen molar-refractivity contribution < 1.29 is 14.3 Å². The van der Waals surface area contributed by atoms with Gasteiger partial charge in [-0.1, -0.05) is 11.6 Å². The van der Waals surface area contributed by atoms with Crippen molar-refractivity contribution in [1.82, 2.24) is 5.32 Å². The Morgan fingerprint density at radius 1 is 1.35 bits per heavy atom. The maximum absolute atomic E-state index is 11.0. The third-order valence-electron chi connectivity index (χ3n) is 2.55. The molecular weight excluding hydrogens is 242 g/mol. The van der Waals surface area contributed by atoms with Crippen molar-refractivity contribution in [2.24, 2.45) is 0 Å². The van der Waals surface area contributed by atoms with Crippen LogP contribution in [0.4, 0.5) is 0 Å². The van der Waals surface area contributed by atoms with Crippen LogP contribution in [-0.2, 0) is 4.79 Å². The number of benzene rings is 1. The molecule has 1 N–H and O–H groups in total. The largest absolute Gasteiger partial charge is 0.486 e. The van der Waals surface area contributed by atoms with Gasteiger partial charge in [-0.3, -0.25) is 4.79 Å². The minimum Gasteiger partial charge on any atom is -0.486 e. The minimum absolute atomic E-state index is 0.0940. The van der Waals surface area contributed by atoms with Crippen LogP contribution in [0.3, 0.4) is 0 Å². The van der Waals surface area contributed by atoms with Gasteiger partial charge in [0.05, 0.1) is 6.04 Å². The molecule has 1 aliphatic rings. The number of carbonyl (C=O) groups excluding carboxylic acids is 1. The lowest BCUT2D eigenvalue weighted by Gasteiger charge is -2.22. The van der Waals surface area contributed by atoms with Crippen molar-refractivity contribution in [3.8, 4) is 11.5 Å². The summed E-state index contributed by atoms with van der Waals surface area (Å²) < 4.78 is 10.9. The first-order valence-corrected chi connectivity index (χ1v) is 5.82. The van der Waals surface area contributed by atoms with Gasteiger partial charge in [0, 0.05) is 18.0 Å². The Labute approximate surface area is 105 Å². The second-order valence-electron chi connectivity index (χ2n) is 3.94. The number of carbonyl (C=O) groups is 1. The summed E-state index contributed by atoms with van der Waals surface area (Å²) in [7, 11) is 0. The monoisotopic (exact) mass is 255 g/mol. The highest BCUT2D eigenvalue weighted by Gasteiger charge is 2.18. The Kier molecular flexibility index (Phi) is 3.43. The van der Waals surface area contributed by atoms with Crippen molar-refractivity contribution in [2.45, 2.75) is 19.9 Å². The lowest BCUT2D eigenvalue weighted by Crippen LogP contribution is -2.24. The average molecular weight is 256 g/mol. The number of hydrogen-bond donors (Lipinski definition) is 1. The van der Waals surface area contributed by atoms with E-state index in [1.165, 1.54) is 6.92 Å². The standard InChI is InChI=1S/C12H14ClNO3/c1-7(14-8(2)15)9-5-11-12(6-10(9)13)17-4-3-16-11/h5-7H,3-4H2,1-2H3,(H,14,15)/t7-/m1/s1. The molecule has 0 spiro atoms. The summed E-state index contributed by atoms with van der Waals surface area (Å²) >= 11 is 6.15. The topological polar surface area (TPSA) is 47.6 Å². The Bertz CT molecular complexity index is 448. The highest BCUT2D eigenvalue weighted by molar-refractivity contribution is 6.31. The number of fused-ring (bicyclic) bond motifs is 1. The van der Waals surface area contributed by atoms with E-state index in [1.54, 1.807) is 6.07 Å². The third-order valence-corrected chi connectivity index (χ3v) is 2.88.